The van der Waals surface area contributed by atoms with Crippen LogP contribution in [0.3, 0.4) is 0 Å². The smallest absolute Gasteiger partial charge is 0.239 e. The fourth-order valence-corrected chi connectivity index (χ4v) is 3.81. The van der Waals surface area contributed by atoms with Crippen LogP contribution in [-0.2, 0) is 4.79 Å². The van der Waals surface area contributed by atoms with E-state index in [4.69, 9.17) is 0 Å². The zero-order valence-corrected chi connectivity index (χ0v) is 15.1. The van der Waals surface area contributed by atoms with Crippen LogP contribution in [0.1, 0.15) is 31.7 Å². The quantitative estimate of drug-likeness (QED) is 0.721. The third-order valence-corrected chi connectivity index (χ3v) is 5.23. The number of halogens is 1. The third kappa shape index (κ3) is 4.10. The van der Waals surface area contributed by atoms with E-state index in [1.807, 2.05) is 12.3 Å². The lowest BCUT2D eigenvalue weighted by Crippen LogP contribution is -2.40. The van der Waals surface area contributed by atoms with Gasteiger partial charge in [0.1, 0.15) is 11.6 Å². The SMILES string of the molecule is O=C(CNc1ccc(F)cc1)NC1CCC(n2cccc3ccnc2-3)CC1. The fourth-order valence-electron chi connectivity index (χ4n) is 3.81. The van der Waals surface area contributed by atoms with Crippen LogP contribution in [-0.4, -0.2) is 28.0 Å². The molecule has 1 aromatic carbocycles. The Balaban J connectivity index is 1.26. The van der Waals surface area contributed by atoms with Crippen molar-refractivity contribution < 1.29 is 9.18 Å². The first-order valence-corrected chi connectivity index (χ1v) is 9.39. The van der Waals surface area contributed by atoms with Crippen molar-refractivity contribution in [1.82, 2.24) is 14.9 Å². The molecule has 0 unspecified atom stereocenters. The van der Waals surface area contributed by atoms with Crippen molar-refractivity contribution >= 4 is 11.6 Å². The van der Waals surface area contributed by atoms with Crippen LogP contribution in [0.15, 0.2) is 54.9 Å². The van der Waals surface area contributed by atoms with Gasteiger partial charge in [0.2, 0.25) is 5.91 Å². The molecule has 2 heterocycles. The Morgan fingerprint density at radius 2 is 1.89 bits per heavy atom. The molecule has 1 aliphatic carbocycles. The zero-order valence-electron chi connectivity index (χ0n) is 15.1. The summed E-state index contributed by atoms with van der Waals surface area (Å²) in [6.45, 7) is 0.192. The molecule has 1 fully saturated rings. The summed E-state index contributed by atoms with van der Waals surface area (Å²) < 4.78 is 15.2. The van der Waals surface area contributed by atoms with Gasteiger partial charge >= 0.3 is 0 Å². The van der Waals surface area contributed by atoms with Crippen molar-refractivity contribution in [2.24, 2.45) is 0 Å². The number of carbonyl (C=O) groups is 1. The van der Waals surface area contributed by atoms with E-state index in [-0.39, 0.29) is 24.3 Å². The predicted molar refractivity (Wildman–Crippen MR) is 103 cm³/mol. The van der Waals surface area contributed by atoms with Crippen LogP contribution < -0.4 is 10.6 Å². The molecule has 4 rings (SSSR count). The predicted octanol–water partition coefficient (Wildman–Crippen LogP) is 3.84. The van der Waals surface area contributed by atoms with Crippen molar-refractivity contribution in [3.63, 3.8) is 0 Å². The molecular weight excluding hydrogens is 343 g/mol. The molecular formula is C21H23FN4O. The number of hydrogen-bond acceptors (Lipinski definition) is 3. The highest BCUT2D eigenvalue weighted by molar-refractivity contribution is 5.80. The number of fused-ring (bicyclic) bond motifs is 1. The molecule has 5 nitrogen and oxygen atoms in total. The van der Waals surface area contributed by atoms with E-state index >= 15 is 0 Å². The Hall–Kier alpha value is -2.89. The van der Waals surface area contributed by atoms with E-state index in [1.54, 1.807) is 12.1 Å². The first-order chi connectivity index (χ1) is 13.2. The van der Waals surface area contributed by atoms with Crippen molar-refractivity contribution in [3.8, 4) is 11.4 Å². The molecule has 6 heteroatoms. The first-order valence-electron chi connectivity index (χ1n) is 9.39. The largest absolute Gasteiger partial charge is 0.376 e. The number of pyridine rings is 1. The Kier molecular flexibility index (Phi) is 5.05. The van der Waals surface area contributed by atoms with Gasteiger partial charge in [0, 0.05) is 35.7 Å². The van der Waals surface area contributed by atoms with E-state index < -0.39 is 0 Å². The molecule has 1 amide bonds. The second-order valence-electron chi connectivity index (χ2n) is 7.07. The minimum Gasteiger partial charge on any atom is -0.376 e. The van der Waals surface area contributed by atoms with Gasteiger partial charge < -0.3 is 15.2 Å². The third-order valence-electron chi connectivity index (χ3n) is 5.23. The zero-order chi connectivity index (χ0) is 18.6. The molecule has 140 valence electrons. The summed E-state index contributed by atoms with van der Waals surface area (Å²) >= 11 is 0. The highest BCUT2D eigenvalue weighted by Gasteiger charge is 2.25. The highest BCUT2D eigenvalue weighted by Crippen LogP contribution is 2.32. The molecule has 0 saturated heterocycles. The summed E-state index contributed by atoms with van der Waals surface area (Å²) in [5, 5.41) is 6.13. The number of rotatable bonds is 5. The molecule has 0 radical (unpaired) electrons. The second-order valence-corrected chi connectivity index (χ2v) is 7.07. The van der Waals surface area contributed by atoms with Crippen LogP contribution in [0, 0.1) is 5.82 Å². The molecule has 3 aliphatic rings. The normalized spacial score (nSPS) is 19.7. The monoisotopic (exact) mass is 366 g/mol. The fraction of sp³-hybridized carbons (Fsp3) is 0.333. The van der Waals surface area contributed by atoms with Gasteiger partial charge in [0.15, 0.2) is 0 Å². The van der Waals surface area contributed by atoms with E-state index in [0.717, 1.165) is 37.2 Å². The maximum Gasteiger partial charge on any atom is 0.239 e. The standard InChI is InChI=1S/C21H23FN4O/c22-16-3-5-17(6-4-16)24-14-20(27)25-18-7-9-19(10-8-18)26-13-1-2-15-11-12-23-21(15)26/h1-6,11-13,18-19,24H,7-10,14H2,(H,25,27). The van der Waals surface area contributed by atoms with Gasteiger partial charge in [-0.05, 0) is 68.1 Å². The van der Waals surface area contributed by atoms with Crippen LogP contribution in [0.2, 0.25) is 0 Å². The van der Waals surface area contributed by atoms with Gasteiger partial charge in [-0.15, -0.1) is 0 Å². The van der Waals surface area contributed by atoms with Crippen LogP contribution in [0.4, 0.5) is 10.1 Å². The van der Waals surface area contributed by atoms with E-state index in [9.17, 15) is 9.18 Å². The van der Waals surface area contributed by atoms with Gasteiger partial charge in [-0.2, -0.15) is 0 Å². The molecule has 0 spiro atoms. The summed E-state index contributed by atoms with van der Waals surface area (Å²) in [4.78, 5) is 16.7. The summed E-state index contributed by atoms with van der Waals surface area (Å²) in [5.41, 5.74) is 1.90. The number of carbonyl (C=O) groups excluding carboxylic acids is 1. The summed E-state index contributed by atoms with van der Waals surface area (Å²) in [6.07, 6.45) is 7.90. The van der Waals surface area contributed by atoms with Crippen molar-refractivity contribution in [1.29, 1.82) is 0 Å². The molecule has 0 atom stereocenters. The Labute approximate surface area is 158 Å². The number of aromatic nitrogens is 2. The van der Waals surface area contributed by atoms with E-state index in [0.29, 0.717) is 6.04 Å². The topological polar surface area (TPSA) is 59.0 Å². The average Bonchev–Trinajstić information content (AvgIpc) is 3.17. The average molecular weight is 366 g/mol. The minimum atomic E-state index is -0.285. The Morgan fingerprint density at radius 3 is 2.67 bits per heavy atom. The number of anilines is 1. The number of benzene rings is 1. The van der Waals surface area contributed by atoms with Crippen LogP contribution >= 0.6 is 0 Å². The molecule has 27 heavy (non-hydrogen) atoms. The van der Waals surface area contributed by atoms with Crippen LogP contribution in [0.25, 0.3) is 11.4 Å². The van der Waals surface area contributed by atoms with Gasteiger partial charge in [0.25, 0.3) is 0 Å². The maximum absolute atomic E-state index is 12.9. The molecule has 2 aliphatic heterocycles. The molecule has 1 aromatic rings. The van der Waals surface area contributed by atoms with Gasteiger partial charge in [-0.1, -0.05) is 0 Å². The number of hydrogen-bond donors (Lipinski definition) is 2. The van der Waals surface area contributed by atoms with E-state index in [1.165, 1.54) is 17.7 Å². The van der Waals surface area contributed by atoms with Gasteiger partial charge in [-0.25, -0.2) is 9.37 Å². The summed E-state index contributed by atoms with van der Waals surface area (Å²) in [5.74, 6) is 0.719. The van der Waals surface area contributed by atoms with Gasteiger partial charge in [-0.3, -0.25) is 4.79 Å². The molecule has 1 saturated carbocycles. The summed E-state index contributed by atoms with van der Waals surface area (Å²) in [6, 6.07) is 12.8. The summed E-state index contributed by atoms with van der Waals surface area (Å²) in [7, 11) is 0. The first kappa shape index (κ1) is 17.5. The lowest BCUT2D eigenvalue weighted by Gasteiger charge is -2.31. The van der Waals surface area contributed by atoms with Crippen molar-refractivity contribution in [2.75, 3.05) is 11.9 Å². The van der Waals surface area contributed by atoms with Crippen molar-refractivity contribution in [2.45, 2.75) is 37.8 Å². The van der Waals surface area contributed by atoms with Gasteiger partial charge in [0.05, 0.1) is 6.54 Å². The lowest BCUT2D eigenvalue weighted by molar-refractivity contribution is -0.120. The molecule has 0 bridgehead atoms. The lowest BCUT2D eigenvalue weighted by atomic mass is 9.90. The second kappa shape index (κ2) is 7.78. The minimum absolute atomic E-state index is 0.0322. The number of nitrogens with one attached hydrogen (secondary N) is 2. The van der Waals surface area contributed by atoms with Crippen LogP contribution in [0.5, 0.6) is 0 Å². The number of nitrogens with zero attached hydrogens (tertiary/aromatic N) is 2. The Morgan fingerprint density at radius 1 is 1.11 bits per heavy atom. The highest BCUT2D eigenvalue weighted by atomic mass is 19.1. The molecule has 0 aromatic heterocycles. The molecule has 2 N–H and O–H groups in total. The van der Waals surface area contributed by atoms with E-state index in [2.05, 4.69) is 38.5 Å². The Bertz CT molecular complexity index is 868. The van der Waals surface area contributed by atoms with Crippen molar-refractivity contribution in [3.05, 3.63) is 60.7 Å². The number of amides is 1. The maximum atomic E-state index is 12.9.